The number of thioether (sulfide) groups is 1. The van der Waals surface area contributed by atoms with E-state index in [-0.39, 0.29) is 5.88 Å². The summed E-state index contributed by atoms with van der Waals surface area (Å²) >= 11 is 1.52. The zero-order valence-electron chi connectivity index (χ0n) is 11.8. The van der Waals surface area contributed by atoms with Gasteiger partial charge in [0.1, 0.15) is 0 Å². The summed E-state index contributed by atoms with van der Waals surface area (Å²) in [6.45, 7) is 2.17. The van der Waals surface area contributed by atoms with Crippen molar-refractivity contribution in [1.82, 2.24) is 15.1 Å². The summed E-state index contributed by atoms with van der Waals surface area (Å²) in [5.74, 6) is 0.682. The van der Waals surface area contributed by atoms with Crippen LogP contribution in [0.5, 0.6) is 5.88 Å². The average Bonchev–Trinajstić information content (AvgIpc) is 2.51. The van der Waals surface area contributed by atoms with Gasteiger partial charge in [-0.25, -0.2) is 4.98 Å². The first-order chi connectivity index (χ1) is 10.3. The lowest BCUT2D eigenvalue weighted by molar-refractivity contribution is -0.591. The second kappa shape index (κ2) is 6.22. The summed E-state index contributed by atoms with van der Waals surface area (Å²) in [7, 11) is 0. The highest BCUT2D eigenvalue weighted by Crippen LogP contribution is 2.21. The molecule has 5 nitrogen and oxygen atoms in total. The second-order valence-corrected chi connectivity index (χ2v) is 5.87. The fourth-order valence-electron chi connectivity index (χ4n) is 2.20. The van der Waals surface area contributed by atoms with Crippen LogP contribution in [0.4, 0.5) is 0 Å². The Morgan fingerprint density at radius 2 is 2.10 bits per heavy atom. The summed E-state index contributed by atoms with van der Waals surface area (Å²) < 4.78 is 1.54. The van der Waals surface area contributed by atoms with Crippen LogP contribution in [0.15, 0.2) is 35.7 Å². The van der Waals surface area contributed by atoms with Gasteiger partial charge in [-0.1, -0.05) is 53.3 Å². The molecule has 21 heavy (non-hydrogen) atoms. The van der Waals surface area contributed by atoms with Gasteiger partial charge in [-0.3, -0.25) is 0 Å². The van der Waals surface area contributed by atoms with E-state index in [9.17, 15) is 5.11 Å². The fraction of sp³-hybridized carbons (Fsp3) is 0.333. The van der Waals surface area contributed by atoms with Gasteiger partial charge in [-0.2, -0.15) is 0 Å². The molecule has 6 heteroatoms. The molecule has 3 aromatic rings. The Bertz CT molecular complexity index is 778. The average molecular weight is 300 g/mol. The monoisotopic (exact) mass is 300 g/mol. The van der Waals surface area contributed by atoms with E-state index in [0.29, 0.717) is 10.7 Å². The Hall–Kier alpha value is -1.95. The first-order valence-electron chi connectivity index (χ1n) is 7.07. The third-order valence-corrected chi connectivity index (χ3v) is 4.19. The van der Waals surface area contributed by atoms with Gasteiger partial charge in [0.2, 0.25) is 5.16 Å². The predicted molar refractivity (Wildman–Crippen MR) is 80.2 cm³/mol. The zero-order valence-corrected chi connectivity index (χ0v) is 12.6. The van der Waals surface area contributed by atoms with Gasteiger partial charge >= 0.3 is 6.33 Å². The molecule has 0 fully saturated rings. The van der Waals surface area contributed by atoms with E-state index in [1.165, 1.54) is 24.6 Å². The molecule has 3 rings (SSSR count). The molecule has 0 radical (unpaired) electrons. The molecule has 0 amide bonds. The topological polar surface area (TPSA) is 65.8 Å². The molecule has 0 aliphatic heterocycles. The Kier molecular flexibility index (Phi) is 4.15. The van der Waals surface area contributed by atoms with Crippen LogP contribution in [-0.4, -0.2) is 20.8 Å². The molecule has 2 aromatic heterocycles. The normalized spacial score (nSPS) is 11.3. The van der Waals surface area contributed by atoms with E-state index in [1.807, 2.05) is 24.3 Å². The van der Waals surface area contributed by atoms with Crippen molar-refractivity contribution in [3.05, 3.63) is 30.6 Å². The van der Waals surface area contributed by atoms with Crippen LogP contribution < -0.4 is 9.62 Å². The van der Waals surface area contributed by atoms with Crippen molar-refractivity contribution in [1.29, 1.82) is 0 Å². The van der Waals surface area contributed by atoms with Crippen molar-refractivity contribution in [2.45, 2.75) is 31.3 Å². The minimum absolute atomic E-state index is 0.249. The number of aromatic nitrogens is 4. The summed E-state index contributed by atoms with van der Waals surface area (Å²) in [6.07, 6.45) is 5.05. The van der Waals surface area contributed by atoms with Crippen molar-refractivity contribution in [2.75, 3.05) is 5.75 Å². The van der Waals surface area contributed by atoms with Crippen molar-refractivity contribution in [3.63, 3.8) is 0 Å². The van der Waals surface area contributed by atoms with Crippen molar-refractivity contribution >= 4 is 28.2 Å². The molecule has 0 aliphatic carbocycles. The highest BCUT2D eigenvalue weighted by Gasteiger charge is 2.12. The third-order valence-electron chi connectivity index (χ3n) is 3.27. The van der Waals surface area contributed by atoms with Crippen LogP contribution in [0, 0.1) is 0 Å². The lowest BCUT2D eigenvalue weighted by atomic mass is 10.2. The number of nitrogens with zero attached hydrogens (tertiary/aromatic N) is 4. The molecule has 0 bridgehead atoms. The standard InChI is InChI=1S/C15H16N4OS/c1-2-3-6-9-21-15-17-14(20)13-11-7-4-5-8-12(11)16-10-19(13)18-15/h4-5,7-8,10H,2-3,6,9H2,1H3. The van der Waals surface area contributed by atoms with Crippen LogP contribution in [0.3, 0.4) is 0 Å². The number of rotatable bonds is 5. The molecule has 0 atom stereocenters. The Balaban J connectivity index is 1.99. The molecule has 0 aliphatic rings. The number of hydrogen-bond acceptors (Lipinski definition) is 5. The lowest BCUT2D eigenvalue weighted by Crippen LogP contribution is -2.30. The van der Waals surface area contributed by atoms with Gasteiger partial charge in [0.15, 0.2) is 11.0 Å². The van der Waals surface area contributed by atoms with E-state index >= 15 is 0 Å². The van der Waals surface area contributed by atoms with Gasteiger partial charge in [0.25, 0.3) is 0 Å². The van der Waals surface area contributed by atoms with Crippen LogP contribution in [-0.2, 0) is 0 Å². The summed E-state index contributed by atoms with van der Waals surface area (Å²) in [5, 5.41) is 18.0. The number of benzene rings is 1. The third kappa shape index (κ3) is 2.90. The van der Waals surface area contributed by atoms with Gasteiger partial charge < -0.3 is 5.11 Å². The fourth-order valence-corrected chi connectivity index (χ4v) is 3.03. The first kappa shape index (κ1) is 14.0. The number of unbranched alkanes of at least 4 members (excludes halogenated alkanes) is 2. The van der Waals surface area contributed by atoms with Gasteiger partial charge in [0.05, 0.1) is 5.39 Å². The molecule has 2 heterocycles. The Morgan fingerprint density at radius 3 is 2.95 bits per heavy atom. The van der Waals surface area contributed by atoms with E-state index < -0.39 is 0 Å². The van der Waals surface area contributed by atoms with Crippen molar-refractivity contribution in [2.24, 2.45) is 0 Å². The van der Waals surface area contributed by atoms with Gasteiger partial charge in [-0.15, -0.1) is 0 Å². The smallest absolute Gasteiger partial charge is 0.312 e. The molecular weight excluding hydrogens is 284 g/mol. The predicted octanol–water partition coefficient (Wildman–Crippen LogP) is 2.12. The van der Waals surface area contributed by atoms with Crippen LogP contribution in [0.25, 0.3) is 16.4 Å². The second-order valence-electron chi connectivity index (χ2n) is 4.81. The minimum atomic E-state index is -0.249. The SMILES string of the molecule is CCCCCSc1nc([O-])c2c3ccccc3nc[n+]2n1. The summed E-state index contributed by atoms with van der Waals surface area (Å²) in [4.78, 5) is 8.42. The van der Waals surface area contributed by atoms with E-state index in [2.05, 4.69) is 22.0 Å². The highest BCUT2D eigenvalue weighted by atomic mass is 32.2. The zero-order chi connectivity index (χ0) is 14.7. The molecule has 0 N–H and O–H groups in total. The molecular formula is C15H16N4OS. The van der Waals surface area contributed by atoms with Crippen LogP contribution in [0.2, 0.25) is 0 Å². The number of hydrogen-bond donors (Lipinski definition) is 0. The molecule has 0 unspecified atom stereocenters. The minimum Gasteiger partial charge on any atom is -0.856 e. The van der Waals surface area contributed by atoms with Gasteiger partial charge in [-0.05, 0) is 23.5 Å². The number of para-hydroxylation sites is 1. The Labute approximate surface area is 127 Å². The van der Waals surface area contributed by atoms with E-state index in [4.69, 9.17) is 0 Å². The molecule has 0 spiro atoms. The van der Waals surface area contributed by atoms with E-state index in [0.717, 1.165) is 23.1 Å². The summed E-state index contributed by atoms with van der Waals surface area (Å²) in [5.41, 5.74) is 1.26. The molecule has 1 aromatic carbocycles. The highest BCUT2D eigenvalue weighted by molar-refractivity contribution is 7.99. The molecule has 0 saturated carbocycles. The van der Waals surface area contributed by atoms with Crippen LogP contribution in [0.1, 0.15) is 26.2 Å². The maximum Gasteiger partial charge on any atom is 0.312 e. The van der Waals surface area contributed by atoms with Crippen molar-refractivity contribution < 1.29 is 9.62 Å². The lowest BCUT2D eigenvalue weighted by Gasteiger charge is -2.08. The maximum atomic E-state index is 12.3. The van der Waals surface area contributed by atoms with Gasteiger partial charge in [0, 0.05) is 11.6 Å². The van der Waals surface area contributed by atoms with Crippen molar-refractivity contribution in [3.8, 4) is 5.88 Å². The summed E-state index contributed by atoms with van der Waals surface area (Å²) in [6, 6.07) is 7.53. The molecule has 0 saturated heterocycles. The first-order valence-corrected chi connectivity index (χ1v) is 8.05. The quantitative estimate of drug-likeness (QED) is 0.312. The largest absolute Gasteiger partial charge is 0.856 e. The maximum absolute atomic E-state index is 12.3. The Morgan fingerprint density at radius 1 is 1.24 bits per heavy atom. The molecule has 108 valence electrons. The van der Waals surface area contributed by atoms with E-state index in [1.54, 1.807) is 10.8 Å². The number of fused-ring (bicyclic) bond motifs is 3. The van der Waals surface area contributed by atoms with Crippen LogP contribution >= 0.6 is 11.8 Å².